The molecular weight excluding hydrogens is 420 g/mol. The van der Waals surface area contributed by atoms with E-state index in [0.717, 1.165) is 31.6 Å². The molecule has 0 saturated carbocycles. The summed E-state index contributed by atoms with van der Waals surface area (Å²) in [4.78, 5) is 33.6. The van der Waals surface area contributed by atoms with Crippen LogP contribution in [-0.4, -0.2) is 46.5 Å². The molecule has 3 aromatic rings. The molecule has 160 valence electrons. The number of nitrogens with one attached hydrogen (secondary N) is 1. The van der Waals surface area contributed by atoms with E-state index in [1.165, 1.54) is 22.2 Å². The lowest BCUT2D eigenvalue weighted by Crippen LogP contribution is -2.29. The number of thiophene rings is 1. The van der Waals surface area contributed by atoms with Gasteiger partial charge in [-0.25, -0.2) is 4.98 Å². The van der Waals surface area contributed by atoms with Crippen molar-refractivity contribution in [3.63, 3.8) is 0 Å². The van der Waals surface area contributed by atoms with Gasteiger partial charge in [-0.05, 0) is 50.2 Å². The van der Waals surface area contributed by atoms with Gasteiger partial charge in [-0.2, -0.15) is 0 Å². The molecule has 1 aromatic carbocycles. The van der Waals surface area contributed by atoms with E-state index in [9.17, 15) is 9.59 Å². The first kappa shape index (κ1) is 22.5. The van der Waals surface area contributed by atoms with Gasteiger partial charge < -0.3 is 10.2 Å². The van der Waals surface area contributed by atoms with Crippen molar-refractivity contribution in [3.05, 3.63) is 62.0 Å². The van der Waals surface area contributed by atoms with Gasteiger partial charge in [-0.15, -0.1) is 11.3 Å². The lowest BCUT2D eigenvalue weighted by atomic mass is 10.2. The summed E-state index contributed by atoms with van der Waals surface area (Å²) < 4.78 is 1.54. The summed E-state index contributed by atoms with van der Waals surface area (Å²) in [5, 5.41) is 4.09. The molecule has 0 aliphatic rings. The maximum atomic E-state index is 13.1. The van der Waals surface area contributed by atoms with Crippen LogP contribution in [0.2, 0.25) is 5.02 Å². The van der Waals surface area contributed by atoms with E-state index >= 15 is 0 Å². The number of amides is 1. The van der Waals surface area contributed by atoms with Crippen molar-refractivity contribution in [1.82, 2.24) is 19.8 Å². The first-order valence-electron chi connectivity index (χ1n) is 10.2. The van der Waals surface area contributed by atoms with Crippen molar-refractivity contribution in [2.24, 2.45) is 0 Å². The minimum absolute atomic E-state index is 0.146. The number of hydrogen-bond donors (Lipinski definition) is 1. The number of aryl methyl sites for hydroxylation is 1. The summed E-state index contributed by atoms with van der Waals surface area (Å²) in [6, 6.07) is 7.42. The molecule has 0 atom stereocenters. The molecule has 0 saturated heterocycles. The molecule has 0 spiro atoms. The number of benzene rings is 1. The molecule has 1 N–H and O–H groups in total. The van der Waals surface area contributed by atoms with Gasteiger partial charge >= 0.3 is 0 Å². The van der Waals surface area contributed by atoms with Crippen LogP contribution in [0.4, 0.5) is 0 Å². The molecule has 0 radical (unpaired) electrons. The molecule has 3 rings (SSSR count). The van der Waals surface area contributed by atoms with Crippen molar-refractivity contribution in [1.29, 1.82) is 0 Å². The predicted molar refractivity (Wildman–Crippen MR) is 124 cm³/mol. The highest BCUT2D eigenvalue weighted by Gasteiger charge is 2.19. The largest absolute Gasteiger partial charge is 0.351 e. The van der Waals surface area contributed by atoms with E-state index in [-0.39, 0.29) is 11.5 Å². The van der Waals surface area contributed by atoms with Crippen LogP contribution in [0.5, 0.6) is 0 Å². The van der Waals surface area contributed by atoms with Crippen LogP contribution in [0.1, 0.15) is 41.1 Å². The monoisotopic (exact) mass is 446 g/mol. The molecule has 30 heavy (non-hydrogen) atoms. The Hall–Kier alpha value is -2.22. The van der Waals surface area contributed by atoms with E-state index in [4.69, 9.17) is 11.6 Å². The Morgan fingerprint density at radius 1 is 1.27 bits per heavy atom. The first-order chi connectivity index (χ1) is 14.5. The molecule has 8 heteroatoms. The number of fused-ring (bicyclic) bond motifs is 1. The average molecular weight is 447 g/mol. The highest BCUT2D eigenvalue weighted by molar-refractivity contribution is 7.20. The van der Waals surface area contributed by atoms with Gasteiger partial charge in [-0.3, -0.25) is 14.2 Å². The van der Waals surface area contributed by atoms with E-state index in [2.05, 4.69) is 29.0 Å². The van der Waals surface area contributed by atoms with Crippen molar-refractivity contribution in [2.45, 2.75) is 33.7 Å². The van der Waals surface area contributed by atoms with E-state index in [1.807, 2.05) is 25.1 Å². The van der Waals surface area contributed by atoms with E-state index in [1.54, 1.807) is 6.07 Å². The molecule has 2 heterocycles. The van der Waals surface area contributed by atoms with Crippen molar-refractivity contribution < 1.29 is 4.79 Å². The Kier molecular flexibility index (Phi) is 7.64. The zero-order valence-corrected chi connectivity index (χ0v) is 19.1. The summed E-state index contributed by atoms with van der Waals surface area (Å²) in [5.74, 6) is -0.146. The number of carbonyl (C=O) groups excluding carboxylic acids is 1. The third-order valence-electron chi connectivity index (χ3n) is 5.25. The maximum absolute atomic E-state index is 13.1. The van der Waals surface area contributed by atoms with Crippen LogP contribution < -0.4 is 10.9 Å². The van der Waals surface area contributed by atoms with Crippen LogP contribution in [0.25, 0.3) is 10.2 Å². The first-order valence-corrected chi connectivity index (χ1v) is 11.4. The lowest BCUT2D eigenvalue weighted by molar-refractivity contribution is 0.0955. The summed E-state index contributed by atoms with van der Waals surface area (Å²) in [6.45, 7) is 9.98. The van der Waals surface area contributed by atoms with Gasteiger partial charge in [0.25, 0.3) is 11.5 Å². The molecule has 0 aliphatic carbocycles. The van der Waals surface area contributed by atoms with E-state index in [0.29, 0.717) is 38.8 Å². The van der Waals surface area contributed by atoms with Gasteiger partial charge in [0, 0.05) is 11.6 Å². The summed E-state index contributed by atoms with van der Waals surface area (Å²) in [6.07, 6.45) is 2.41. The fourth-order valence-corrected chi connectivity index (χ4v) is 4.67. The zero-order valence-electron chi connectivity index (χ0n) is 17.6. The molecule has 0 aliphatic heterocycles. The number of hydrogen-bond acceptors (Lipinski definition) is 5. The summed E-state index contributed by atoms with van der Waals surface area (Å²) in [7, 11) is 0. The van der Waals surface area contributed by atoms with Crippen LogP contribution >= 0.6 is 22.9 Å². The minimum Gasteiger partial charge on any atom is -0.351 e. The van der Waals surface area contributed by atoms with Crippen LogP contribution in [0.15, 0.2) is 35.4 Å². The van der Waals surface area contributed by atoms with E-state index < -0.39 is 0 Å². The third kappa shape index (κ3) is 4.91. The Bertz CT molecular complexity index is 1090. The van der Waals surface area contributed by atoms with Gasteiger partial charge in [0.05, 0.1) is 23.1 Å². The van der Waals surface area contributed by atoms with Crippen molar-refractivity contribution in [3.8, 4) is 0 Å². The van der Waals surface area contributed by atoms with Crippen molar-refractivity contribution >= 4 is 39.1 Å². The Morgan fingerprint density at radius 2 is 2.00 bits per heavy atom. The smallest absolute Gasteiger partial charge is 0.262 e. The molecule has 2 aromatic heterocycles. The second-order valence-electron chi connectivity index (χ2n) is 7.14. The molecule has 0 fully saturated rings. The Morgan fingerprint density at radius 3 is 2.70 bits per heavy atom. The predicted octanol–water partition coefficient (Wildman–Crippen LogP) is 3.93. The average Bonchev–Trinajstić information content (AvgIpc) is 3.09. The Labute approximate surface area is 185 Å². The second kappa shape index (κ2) is 10.2. The van der Waals surface area contributed by atoms with Gasteiger partial charge in [-0.1, -0.05) is 43.6 Å². The van der Waals surface area contributed by atoms with Gasteiger partial charge in [0.1, 0.15) is 4.83 Å². The number of halogens is 1. The highest BCUT2D eigenvalue weighted by atomic mass is 35.5. The molecule has 6 nitrogen and oxygen atoms in total. The lowest BCUT2D eigenvalue weighted by Gasteiger charge is -2.17. The number of aromatic nitrogens is 2. The highest BCUT2D eigenvalue weighted by Crippen LogP contribution is 2.27. The van der Waals surface area contributed by atoms with Crippen LogP contribution in [0, 0.1) is 6.92 Å². The number of nitrogens with zero attached hydrogens (tertiary/aromatic N) is 3. The molecule has 1 amide bonds. The molecule has 0 bridgehead atoms. The minimum atomic E-state index is -0.158. The second-order valence-corrected chi connectivity index (χ2v) is 8.55. The fourth-order valence-electron chi connectivity index (χ4n) is 3.42. The van der Waals surface area contributed by atoms with Gasteiger partial charge in [0.15, 0.2) is 0 Å². The van der Waals surface area contributed by atoms with Crippen LogP contribution in [0.3, 0.4) is 0 Å². The maximum Gasteiger partial charge on any atom is 0.262 e. The topological polar surface area (TPSA) is 67.2 Å². The quantitative estimate of drug-likeness (QED) is 0.506. The summed E-state index contributed by atoms with van der Waals surface area (Å²) in [5.41, 5.74) is 1.37. The van der Waals surface area contributed by atoms with Crippen molar-refractivity contribution in [2.75, 3.05) is 26.2 Å². The molecule has 0 unspecified atom stereocenters. The summed E-state index contributed by atoms with van der Waals surface area (Å²) >= 11 is 7.50. The third-order valence-corrected chi connectivity index (χ3v) is 6.82. The number of carbonyl (C=O) groups is 1. The molecular formula is C22H27ClN4O2S. The standard InChI is InChI=1S/C22H27ClN4O2S/c1-4-26(5-2)12-8-11-24-20(28)19-15(3)18-21(30-19)25-14-27(22(18)29)13-16-9-6-7-10-17(16)23/h6-7,9-10,14H,4-5,8,11-13H2,1-3H3,(H,24,28). The number of rotatable bonds is 9. The normalized spacial score (nSPS) is 11.4. The van der Waals surface area contributed by atoms with Gasteiger partial charge in [0.2, 0.25) is 0 Å². The zero-order chi connectivity index (χ0) is 21.7. The Balaban J connectivity index is 1.77. The van der Waals surface area contributed by atoms with Crippen LogP contribution in [-0.2, 0) is 6.54 Å². The fraction of sp³-hybridized carbons (Fsp3) is 0.409. The SMILES string of the molecule is CCN(CC)CCCNC(=O)c1sc2ncn(Cc3ccccc3Cl)c(=O)c2c1C.